The minimum absolute atomic E-state index is 0.162. The first-order valence-corrected chi connectivity index (χ1v) is 16.8. The van der Waals surface area contributed by atoms with Crippen LogP contribution >= 0.6 is 0 Å². The Morgan fingerprint density at radius 3 is 2.15 bits per heavy atom. The number of carbonyl (C=O) groups excluding carboxylic acids is 2. The molecule has 7 nitrogen and oxygen atoms in total. The summed E-state index contributed by atoms with van der Waals surface area (Å²) in [6.07, 6.45) is 7.18. The van der Waals surface area contributed by atoms with Gasteiger partial charge in [-0.25, -0.2) is 9.48 Å². The first-order chi connectivity index (χ1) is 22.1. The van der Waals surface area contributed by atoms with Crippen molar-refractivity contribution < 1.29 is 9.59 Å². The van der Waals surface area contributed by atoms with E-state index in [2.05, 4.69) is 79.6 Å². The molecule has 4 aromatic rings. The molecule has 7 heteroatoms. The van der Waals surface area contributed by atoms with Crippen molar-refractivity contribution in [2.24, 2.45) is 5.92 Å². The molecule has 1 saturated carbocycles. The third-order valence-electron chi connectivity index (χ3n) is 9.83. The monoisotopic (exact) mass is 617 g/mol. The molecular weight excluding hydrogens is 570 g/mol. The van der Waals surface area contributed by atoms with Gasteiger partial charge in [-0.1, -0.05) is 93.8 Å². The highest BCUT2D eigenvalue weighted by Crippen LogP contribution is 2.43. The molecule has 0 unspecified atom stereocenters. The lowest BCUT2D eigenvalue weighted by Gasteiger charge is -2.39. The molecular formula is C39H47N5O2. The first-order valence-electron chi connectivity index (χ1n) is 16.8. The molecule has 1 aliphatic heterocycles. The van der Waals surface area contributed by atoms with E-state index in [4.69, 9.17) is 5.10 Å². The molecule has 46 heavy (non-hydrogen) atoms. The number of anilines is 2. The van der Waals surface area contributed by atoms with Gasteiger partial charge in [0.1, 0.15) is 5.82 Å². The molecule has 6 rings (SSSR count). The topological polar surface area (TPSA) is 79.3 Å². The van der Waals surface area contributed by atoms with Crippen LogP contribution in [0.25, 0.3) is 5.69 Å². The number of nitrogens with zero attached hydrogens (tertiary/aromatic N) is 3. The SMILES string of the molecule is Cc1ccc(-n2nc(C(C)(C)C)cc2NC(=O)Nc2ccc(CC3CCN(C(=O)C4(c5ccccc5)CCCC4)CC3)cc2)cc1. The molecule has 3 amide bonds. The number of rotatable bonds is 7. The van der Waals surface area contributed by atoms with Gasteiger partial charge in [0, 0.05) is 30.3 Å². The van der Waals surface area contributed by atoms with Gasteiger partial charge in [0.25, 0.3) is 0 Å². The number of carbonyl (C=O) groups is 2. The van der Waals surface area contributed by atoms with Gasteiger partial charge in [0.2, 0.25) is 5.91 Å². The molecule has 1 saturated heterocycles. The molecule has 240 valence electrons. The van der Waals surface area contributed by atoms with Gasteiger partial charge in [0.05, 0.1) is 16.8 Å². The standard InChI is InChI=1S/C39H47N5O2/c1-28-12-18-33(19-13-28)44-35(27-34(42-44)38(2,3)4)41-37(46)40-32-16-14-29(15-17-32)26-30-20-24-43(25-21-30)36(45)39(22-8-9-23-39)31-10-6-5-7-11-31/h5-7,10-19,27,30H,8-9,20-26H2,1-4H3,(H2,40,41,46). The normalized spacial score (nSPS) is 16.7. The maximum atomic E-state index is 13.9. The molecule has 2 aliphatic rings. The fourth-order valence-corrected chi connectivity index (χ4v) is 7.06. The van der Waals surface area contributed by atoms with Crippen molar-refractivity contribution in [2.45, 2.75) is 83.5 Å². The Morgan fingerprint density at radius 1 is 0.870 bits per heavy atom. The van der Waals surface area contributed by atoms with E-state index in [9.17, 15) is 9.59 Å². The van der Waals surface area contributed by atoms with Crippen LogP contribution in [0.4, 0.5) is 16.3 Å². The zero-order valence-electron chi connectivity index (χ0n) is 27.7. The molecule has 2 N–H and O–H groups in total. The van der Waals surface area contributed by atoms with Crippen LogP contribution < -0.4 is 10.6 Å². The van der Waals surface area contributed by atoms with E-state index in [0.717, 1.165) is 75.1 Å². The van der Waals surface area contributed by atoms with Gasteiger partial charge >= 0.3 is 6.03 Å². The summed E-state index contributed by atoms with van der Waals surface area (Å²) in [5, 5.41) is 10.8. The van der Waals surface area contributed by atoms with Crippen LogP contribution in [0.15, 0.2) is 84.9 Å². The number of amides is 3. The number of likely N-dealkylation sites (tertiary alicyclic amines) is 1. The lowest BCUT2D eigenvalue weighted by molar-refractivity contribution is -0.138. The summed E-state index contributed by atoms with van der Waals surface area (Å²) in [5.74, 6) is 1.50. The minimum Gasteiger partial charge on any atom is -0.342 e. The van der Waals surface area contributed by atoms with Gasteiger partial charge in [-0.3, -0.25) is 10.1 Å². The predicted molar refractivity (Wildman–Crippen MR) is 186 cm³/mol. The average molecular weight is 618 g/mol. The summed E-state index contributed by atoms with van der Waals surface area (Å²) < 4.78 is 1.79. The fraction of sp³-hybridized carbons (Fsp3) is 0.410. The number of nitrogens with one attached hydrogen (secondary N) is 2. The number of aromatic nitrogens is 2. The van der Waals surface area contributed by atoms with Crippen LogP contribution in [0.2, 0.25) is 0 Å². The highest BCUT2D eigenvalue weighted by atomic mass is 16.2. The number of piperidine rings is 1. The van der Waals surface area contributed by atoms with E-state index in [1.54, 1.807) is 4.68 Å². The van der Waals surface area contributed by atoms with Crippen molar-refractivity contribution in [3.8, 4) is 5.69 Å². The van der Waals surface area contributed by atoms with Gasteiger partial charge in [0.15, 0.2) is 0 Å². The third kappa shape index (κ3) is 6.88. The molecule has 2 fully saturated rings. The second-order valence-electron chi connectivity index (χ2n) is 14.3. The van der Waals surface area contributed by atoms with Crippen LogP contribution in [-0.2, 0) is 22.0 Å². The summed E-state index contributed by atoms with van der Waals surface area (Å²) in [5.41, 5.74) is 5.64. The van der Waals surface area contributed by atoms with Crippen LogP contribution in [0.5, 0.6) is 0 Å². The van der Waals surface area contributed by atoms with Crippen LogP contribution in [0, 0.1) is 12.8 Å². The van der Waals surface area contributed by atoms with Gasteiger partial charge in [-0.05, 0) is 80.3 Å². The van der Waals surface area contributed by atoms with E-state index >= 15 is 0 Å². The Hall–Kier alpha value is -4.39. The smallest absolute Gasteiger partial charge is 0.324 e. The summed E-state index contributed by atoms with van der Waals surface area (Å²) in [6.45, 7) is 10.0. The minimum atomic E-state index is -0.335. The first kappa shape index (κ1) is 31.6. The molecule has 0 spiro atoms. The van der Waals surface area contributed by atoms with Crippen molar-refractivity contribution in [2.75, 3.05) is 23.7 Å². The number of urea groups is 1. The lowest BCUT2D eigenvalue weighted by Crippen LogP contribution is -2.48. The van der Waals surface area contributed by atoms with E-state index in [-0.39, 0.29) is 16.9 Å². The van der Waals surface area contributed by atoms with Gasteiger partial charge in [-0.15, -0.1) is 0 Å². The average Bonchev–Trinajstić information content (AvgIpc) is 3.72. The fourth-order valence-electron chi connectivity index (χ4n) is 7.06. The molecule has 0 radical (unpaired) electrons. The Kier molecular flexibility index (Phi) is 9.03. The van der Waals surface area contributed by atoms with Crippen molar-refractivity contribution >= 4 is 23.4 Å². The Morgan fingerprint density at radius 2 is 1.52 bits per heavy atom. The highest BCUT2D eigenvalue weighted by Gasteiger charge is 2.45. The zero-order valence-corrected chi connectivity index (χ0v) is 27.7. The Balaban J connectivity index is 1.04. The number of benzene rings is 3. The summed E-state index contributed by atoms with van der Waals surface area (Å²) in [4.78, 5) is 29.1. The molecule has 0 atom stereocenters. The maximum Gasteiger partial charge on any atom is 0.324 e. The van der Waals surface area contributed by atoms with Crippen molar-refractivity contribution in [1.82, 2.24) is 14.7 Å². The van der Waals surface area contributed by atoms with Crippen LogP contribution in [-0.4, -0.2) is 39.7 Å². The second kappa shape index (κ2) is 13.1. The van der Waals surface area contributed by atoms with E-state index in [0.29, 0.717) is 17.6 Å². The quantitative estimate of drug-likeness (QED) is 0.219. The molecule has 0 bridgehead atoms. The largest absolute Gasteiger partial charge is 0.342 e. The van der Waals surface area contributed by atoms with Gasteiger partial charge < -0.3 is 10.2 Å². The lowest BCUT2D eigenvalue weighted by atomic mass is 9.77. The van der Waals surface area contributed by atoms with E-state index < -0.39 is 0 Å². The molecule has 1 aromatic heterocycles. The summed E-state index contributed by atoms with van der Waals surface area (Å²) in [7, 11) is 0. The maximum absolute atomic E-state index is 13.9. The van der Waals surface area contributed by atoms with E-state index in [1.807, 2.05) is 48.5 Å². The van der Waals surface area contributed by atoms with Crippen molar-refractivity contribution in [1.29, 1.82) is 0 Å². The Labute approximate surface area is 273 Å². The zero-order chi connectivity index (χ0) is 32.3. The van der Waals surface area contributed by atoms with Gasteiger partial charge in [-0.2, -0.15) is 5.10 Å². The molecule has 3 aromatic carbocycles. The summed E-state index contributed by atoms with van der Waals surface area (Å²) >= 11 is 0. The highest BCUT2D eigenvalue weighted by molar-refractivity contribution is 5.99. The van der Waals surface area contributed by atoms with Crippen LogP contribution in [0.1, 0.15) is 81.7 Å². The molecule has 1 aliphatic carbocycles. The third-order valence-corrected chi connectivity index (χ3v) is 9.83. The van der Waals surface area contributed by atoms with Crippen LogP contribution in [0.3, 0.4) is 0 Å². The Bertz CT molecular complexity index is 1640. The predicted octanol–water partition coefficient (Wildman–Crippen LogP) is 8.42. The van der Waals surface area contributed by atoms with E-state index in [1.165, 1.54) is 16.7 Å². The van der Waals surface area contributed by atoms with Crippen molar-refractivity contribution in [3.05, 3.63) is 107 Å². The van der Waals surface area contributed by atoms with Crippen molar-refractivity contribution in [3.63, 3.8) is 0 Å². The number of hydrogen-bond acceptors (Lipinski definition) is 3. The summed E-state index contributed by atoms with van der Waals surface area (Å²) in [6, 6.07) is 28.3. The second-order valence-corrected chi connectivity index (χ2v) is 14.3. The molecule has 2 heterocycles. The number of aryl methyl sites for hydroxylation is 1. The number of hydrogen-bond donors (Lipinski definition) is 2.